The van der Waals surface area contributed by atoms with E-state index in [0.29, 0.717) is 13.0 Å². The summed E-state index contributed by atoms with van der Waals surface area (Å²) in [6.45, 7) is 0.279. The van der Waals surface area contributed by atoms with Crippen molar-refractivity contribution < 1.29 is 36.9 Å². The number of alkyl halides is 3. The van der Waals surface area contributed by atoms with Crippen LogP contribution in [0.15, 0.2) is 36.5 Å². The van der Waals surface area contributed by atoms with Gasteiger partial charge in [0.25, 0.3) is 11.8 Å². The maximum atomic E-state index is 13.2. The molecule has 1 saturated carbocycles. The molecule has 3 fully saturated rings. The molecule has 11 heteroatoms. The largest absolute Gasteiger partial charge is 0.487 e. The van der Waals surface area contributed by atoms with Crippen LogP contribution in [0, 0.1) is 5.41 Å². The van der Waals surface area contributed by atoms with E-state index >= 15 is 0 Å². The van der Waals surface area contributed by atoms with E-state index < -0.39 is 23.8 Å². The number of hydrogen-bond acceptors (Lipinski definition) is 7. The number of aromatic nitrogens is 2. The third-order valence-corrected chi connectivity index (χ3v) is 6.83. The van der Waals surface area contributed by atoms with Crippen LogP contribution in [0.3, 0.4) is 0 Å². The zero-order valence-corrected chi connectivity index (χ0v) is 18.5. The van der Waals surface area contributed by atoms with Gasteiger partial charge in [-0.1, -0.05) is 6.07 Å². The van der Waals surface area contributed by atoms with Crippen LogP contribution in [0.5, 0.6) is 11.6 Å². The molecular formula is C23H24F3N3O5. The summed E-state index contributed by atoms with van der Waals surface area (Å²) in [6.07, 6.45) is -2.45. The van der Waals surface area contributed by atoms with Gasteiger partial charge in [-0.2, -0.15) is 13.2 Å². The van der Waals surface area contributed by atoms with Crippen LogP contribution < -0.4 is 9.47 Å². The monoisotopic (exact) mass is 479 g/mol. The Balaban J connectivity index is 1.29. The summed E-state index contributed by atoms with van der Waals surface area (Å²) < 4.78 is 61.9. The van der Waals surface area contributed by atoms with Crippen molar-refractivity contribution in [1.29, 1.82) is 0 Å². The normalized spacial score (nSPS) is 25.5. The molecule has 3 aliphatic rings. The quantitative estimate of drug-likeness (QED) is 0.629. The average molecular weight is 479 g/mol. The molecule has 8 nitrogen and oxygen atoms in total. The molecule has 2 saturated heterocycles. The van der Waals surface area contributed by atoms with Gasteiger partial charge in [0.2, 0.25) is 0 Å². The molecular weight excluding hydrogens is 455 g/mol. The number of pyridine rings is 2. The van der Waals surface area contributed by atoms with Gasteiger partial charge in [0, 0.05) is 19.2 Å². The molecule has 0 aromatic carbocycles. The Morgan fingerprint density at radius 1 is 1.24 bits per heavy atom. The van der Waals surface area contributed by atoms with Crippen molar-refractivity contribution in [2.24, 2.45) is 5.41 Å². The van der Waals surface area contributed by atoms with Gasteiger partial charge in [-0.3, -0.25) is 9.78 Å². The summed E-state index contributed by atoms with van der Waals surface area (Å²) in [4.78, 5) is 23.4. The Hall–Kier alpha value is -2.92. The van der Waals surface area contributed by atoms with Crippen LogP contribution in [-0.4, -0.2) is 66.7 Å². The zero-order valence-electron chi connectivity index (χ0n) is 18.5. The number of rotatable bonds is 6. The second-order valence-electron chi connectivity index (χ2n) is 8.79. The minimum atomic E-state index is -4.33. The molecule has 34 heavy (non-hydrogen) atoms. The average Bonchev–Trinajstić information content (AvgIpc) is 3.54. The van der Waals surface area contributed by atoms with Crippen LogP contribution in [0.1, 0.15) is 35.4 Å². The Labute approximate surface area is 194 Å². The van der Waals surface area contributed by atoms with Crippen molar-refractivity contribution in [3.8, 4) is 11.6 Å². The minimum Gasteiger partial charge on any atom is -0.487 e. The highest BCUT2D eigenvalue weighted by Crippen LogP contribution is 2.57. The van der Waals surface area contributed by atoms with E-state index in [1.807, 2.05) is 18.2 Å². The number of likely N-dealkylation sites (tertiary alicyclic amines) is 1. The standard InChI is InChI=1S/C23H24F3N3O5/c1-31-19-16(32-13-21(7-8-21)23(24,25)26)6-5-15(28-19)20(30)29-11-9-22(17-4-2-3-10-27-17)18(12-29)33-14-34-22/h2-6,10,18H,7-9,11-14H2,1H3/t18?,22-/m1/s1. The van der Waals surface area contributed by atoms with Crippen molar-refractivity contribution in [3.63, 3.8) is 0 Å². The lowest BCUT2D eigenvalue weighted by Crippen LogP contribution is -2.54. The van der Waals surface area contributed by atoms with Crippen LogP contribution in [0.4, 0.5) is 13.2 Å². The van der Waals surface area contributed by atoms with E-state index in [9.17, 15) is 18.0 Å². The molecule has 1 aliphatic carbocycles. The topological polar surface area (TPSA) is 83.0 Å². The summed E-state index contributed by atoms with van der Waals surface area (Å²) >= 11 is 0. The number of ether oxygens (including phenoxy) is 4. The number of carbonyl (C=O) groups excluding carboxylic acids is 1. The van der Waals surface area contributed by atoms with Crippen molar-refractivity contribution in [1.82, 2.24) is 14.9 Å². The second-order valence-corrected chi connectivity index (χ2v) is 8.79. The molecule has 0 bridgehead atoms. The molecule has 0 radical (unpaired) electrons. The van der Waals surface area contributed by atoms with Crippen molar-refractivity contribution >= 4 is 5.91 Å². The number of nitrogens with zero attached hydrogens (tertiary/aromatic N) is 3. The molecule has 1 amide bonds. The summed E-state index contributed by atoms with van der Waals surface area (Å²) in [5.74, 6) is -0.317. The maximum Gasteiger partial charge on any atom is 0.397 e. The number of halogens is 3. The Morgan fingerprint density at radius 3 is 2.74 bits per heavy atom. The zero-order chi connectivity index (χ0) is 24.0. The highest BCUT2D eigenvalue weighted by molar-refractivity contribution is 5.92. The van der Waals surface area contributed by atoms with Gasteiger partial charge >= 0.3 is 6.18 Å². The molecule has 5 rings (SSSR count). The Kier molecular flexibility index (Phi) is 5.64. The first-order chi connectivity index (χ1) is 16.3. The van der Waals surface area contributed by atoms with Gasteiger partial charge in [0.1, 0.15) is 36.2 Å². The van der Waals surface area contributed by atoms with E-state index in [2.05, 4.69) is 9.97 Å². The Bertz CT molecular complexity index is 1060. The van der Waals surface area contributed by atoms with E-state index in [0.717, 1.165) is 5.69 Å². The number of fused-ring (bicyclic) bond motifs is 1. The number of hydrogen-bond donors (Lipinski definition) is 0. The van der Waals surface area contributed by atoms with E-state index in [1.54, 1.807) is 11.1 Å². The number of piperidine rings is 1. The molecule has 1 unspecified atom stereocenters. The van der Waals surface area contributed by atoms with Crippen molar-refractivity contribution in [2.45, 2.75) is 37.1 Å². The smallest absolute Gasteiger partial charge is 0.397 e. The van der Waals surface area contributed by atoms with E-state index in [1.165, 1.54) is 19.2 Å². The lowest BCUT2D eigenvalue weighted by molar-refractivity contribution is -0.194. The first-order valence-corrected chi connectivity index (χ1v) is 11.0. The minimum absolute atomic E-state index is 0.0325. The predicted octanol–water partition coefficient (Wildman–Crippen LogP) is 3.32. The molecule has 2 aliphatic heterocycles. The molecule has 2 atom stereocenters. The number of methoxy groups -OCH3 is 1. The highest BCUT2D eigenvalue weighted by Gasteiger charge is 2.64. The number of carbonyl (C=O) groups is 1. The molecule has 182 valence electrons. The third-order valence-electron chi connectivity index (χ3n) is 6.83. The van der Waals surface area contributed by atoms with Crippen LogP contribution in [0.2, 0.25) is 0 Å². The molecule has 0 spiro atoms. The predicted molar refractivity (Wildman–Crippen MR) is 111 cm³/mol. The Morgan fingerprint density at radius 2 is 2.06 bits per heavy atom. The van der Waals surface area contributed by atoms with Gasteiger partial charge in [0.05, 0.1) is 19.3 Å². The first kappa shape index (κ1) is 22.9. The SMILES string of the molecule is COc1nc(C(=O)N2CC[C@]3(c4ccccn4)OCOC3C2)ccc1OCC1(C(F)(F)F)CC1. The molecule has 2 aromatic heterocycles. The summed E-state index contributed by atoms with van der Waals surface area (Å²) in [7, 11) is 1.33. The third kappa shape index (κ3) is 3.86. The van der Waals surface area contributed by atoms with Gasteiger partial charge in [-0.15, -0.1) is 0 Å². The first-order valence-electron chi connectivity index (χ1n) is 11.0. The lowest BCUT2D eigenvalue weighted by atomic mass is 9.85. The fourth-order valence-electron chi connectivity index (χ4n) is 4.48. The molecule has 2 aromatic rings. The molecule has 4 heterocycles. The molecule has 0 N–H and O–H groups in total. The van der Waals surface area contributed by atoms with Crippen LogP contribution >= 0.6 is 0 Å². The lowest BCUT2D eigenvalue weighted by Gasteiger charge is -2.41. The summed E-state index contributed by atoms with van der Waals surface area (Å²) in [6, 6.07) is 8.44. The van der Waals surface area contributed by atoms with Crippen LogP contribution in [0.25, 0.3) is 0 Å². The summed E-state index contributed by atoms with van der Waals surface area (Å²) in [5.41, 5.74) is -1.66. The van der Waals surface area contributed by atoms with Gasteiger partial charge in [0.15, 0.2) is 5.75 Å². The van der Waals surface area contributed by atoms with E-state index in [-0.39, 0.29) is 55.5 Å². The van der Waals surface area contributed by atoms with Crippen molar-refractivity contribution in [3.05, 3.63) is 47.9 Å². The van der Waals surface area contributed by atoms with Gasteiger partial charge < -0.3 is 23.8 Å². The number of amides is 1. The highest BCUT2D eigenvalue weighted by atomic mass is 19.4. The van der Waals surface area contributed by atoms with Crippen molar-refractivity contribution in [2.75, 3.05) is 33.6 Å². The second kappa shape index (κ2) is 8.38. The van der Waals surface area contributed by atoms with E-state index in [4.69, 9.17) is 18.9 Å². The van der Waals surface area contributed by atoms with Gasteiger partial charge in [-0.05, 0) is 37.1 Å². The van der Waals surface area contributed by atoms with Gasteiger partial charge in [-0.25, -0.2) is 4.98 Å². The maximum absolute atomic E-state index is 13.2. The van der Waals surface area contributed by atoms with Crippen LogP contribution in [-0.2, 0) is 15.1 Å². The fourth-order valence-corrected chi connectivity index (χ4v) is 4.48. The fraction of sp³-hybridized carbons (Fsp3) is 0.522. The summed E-state index contributed by atoms with van der Waals surface area (Å²) in [5, 5.41) is 0.